The Bertz CT molecular complexity index is 953. The second kappa shape index (κ2) is 6.37. The van der Waals surface area contributed by atoms with Crippen LogP contribution in [-0.2, 0) is 7.05 Å². The van der Waals surface area contributed by atoms with Gasteiger partial charge in [0.2, 0.25) is 0 Å². The van der Waals surface area contributed by atoms with Gasteiger partial charge in [-0.3, -0.25) is 0 Å². The molecule has 1 aromatic carbocycles. The van der Waals surface area contributed by atoms with E-state index in [1.165, 1.54) is 0 Å². The Hall–Kier alpha value is -3.02. The minimum atomic E-state index is 0.198. The zero-order valence-corrected chi connectivity index (χ0v) is 15.2. The fourth-order valence-corrected chi connectivity index (χ4v) is 3.34. The number of nitrogens with zero attached hydrogens (tertiary/aromatic N) is 5. The van der Waals surface area contributed by atoms with E-state index in [2.05, 4.69) is 37.9 Å². The molecule has 0 saturated heterocycles. The lowest BCUT2D eigenvalue weighted by Gasteiger charge is -2.02. The van der Waals surface area contributed by atoms with Crippen molar-refractivity contribution in [1.29, 1.82) is 0 Å². The van der Waals surface area contributed by atoms with Crippen molar-refractivity contribution in [2.45, 2.75) is 26.2 Å². The van der Waals surface area contributed by atoms with E-state index in [4.69, 9.17) is 10.7 Å². The zero-order valence-electron chi connectivity index (χ0n) is 15.2. The highest BCUT2D eigenvalue weighted by Gasteiger charge is 2.44. The third-order valence-corrected chi connectivity index (χ3v) is 4.68. The molecule has 0 spiro atoms. The minimum Gasteiger partial charge on any atom is -0.387 e. The van der Waals surface area contributed by atoms with Gasteiger partial charge in [-0.15, -0.1) is 0 Å². The lowest BCUT2D eigenvalue weighted by Crippen LogP contribution is -2.15. The number of aliphatic imine (C=N–C) groups is 1. The normalized spacial score (nSPS) is 19.6. The zero-order chi connectivity index (χ0) is 18.3. The summed E-state index contributed by atoms with van der Waals surface area (Å²) in [5.74, 6) is 2.57. The average molecular weight is 346 g/mol. The quantitative estimate of drug-likeness (QED) is 0.580. The van der Waals surface area contributed by atoms with E-state index in [1.807, 2.05) is 45.2 Å². The van der Waals surface area contributed by atoms with Crippen molar-refractivity contribution in [3.05, 3.63) is 59.8 Å². The molecule has 3 aromatic rings. The van der Waals surface area contributed by atoms with Gasteiger partial charge in [-0.25, -0.2) is 15.0 Å². The fraction of sp³-hybridized carbons (Fsp3) is 0.300. The molecule has 1 saturated carbocycles. The maximum atomic E-state index is 6.24. The molecule has 2 heterocycles. The molecule has 132 valence electrons. The van der Waals surface area contributed by atoms with Gasteiger partial charge in [0.05, 0.1) is 5.69 Å². The monoisotopic (exact) mass is 346 g/mol. The van der Waals surface area contributed by atoms with Crippen LogP contribution in [0.1, 0.15) is 29.6 Å². The molecule has 1 fully saturated rings. The summed E-state index contributed by atoms with van der Waals surface area (Å²) in [6, 6.07) is 12.1. The summed E-state index contributed by atoms with van der Waals surface area (Å²) in [6.45, 7) is 3.87. The molecule has 1 aliphatic carbocycles. The average Bonchev–Trinajstić information content (AvgIpc) is 3.30. The van der Waals surface area contributed by atoms with Gasteiger partial charge in [0, 0.05) is 42.0 Å². The van der Waals surface area contributed by atoms with Crippen LogP contribution in [0, 0.1) is 19.8 Å². The smallest absolute Gasteiger partial charge is 0.251 e. The van der Waals surface area contributed by atoms with E-state index in [0.29, 0.717) is 17.7 Å². The van der Waals surface area contributed by atoms with Crippen molar-refractivity contribution in [2.75, 3.05) is 0 Å². The number of nitrogens with two attached hydrogens (primary N) is 1. The summed E-state index contributed by atoms with van der Waals surface area (Å²) in [7, 11) is 2.03. The van der Waals surface area contributed by atoms with E-state index in [-0.39, 0.29) is 5.92 Å². The molecule has 0 radical (unpaired) electrons. The van der Waals surface area contributed by atoms with Crippen LogP contribution in [0.25, 0.3) is 11.3 Å². The van der Waals surface area contributed by atoms with Crippen molar-refractivity contribution in [2.24, 2.45) is 23.7 Å². The predicted octanol–water partition coefficient (Wildman–Crippen LogP) is 3.29. The van der Waals surface area contributed by atoms with Gasteiger partial charge >= 0.3 is 0 Å². The number of rotatable bonds is 4. The van der Waals surface area contributed by atoms with Crippen molar-refractivity contribution < 1.29 is 0 Å². The molecular formula is C20H22N6. The van der Waals surface area contributed by atoms with Gasteiger partial charge in [-0.05, 0) is 26.3 Å². The molecule has 0 aliphatic heterocycles. The van der Waals surface area contributed by atoms with Crippen LogP contribution in [0.4, 0.5) is 5.95 Å². The number of hydrogen-bond acceptors (Lipinski definition) is 4. The first-order chi connectivity index (χ1) is 12.5. The summed E-state index contributed by atoms with van der Waals surface area (Å²) >= 11 is 0. The van der Waals surface area contributed by atoms with Gasteiger partial charge < -0.3 is 10.3 Å². The lowest BCUT2D eigenvalue weighted by atomic mass is 10.2. The SMILES string of the molecule is Cc1cc(C)nc(/N=C(\N)C2CC2c2nc(-c3ccccc3)cn2C)n1. The van der Waals surface area contributed by atoms with E-state index in [1.54, 1.807) is 0 Å². The minimum absolute atomic E-state index is 0.198. The summed E-state index contributed by atoms with van der Waals surface area (Å²) in [5.41, 5.74) is 10.1. The van der Waals surface area contributed by atoms with Crippen LogP contribution in [-0.4, -0.2) is 25.4 Å². The number of aromatic nitrogens is 4. The number of hydrogen-bond donors (Lipinski definition) is 1. The Morgan fingerprint density at radius 3 is 2.50 bits per heavy atom. The number of imidazole rings is 1. The molecule has 4 rings (SSSR count). The van der Waals surface area contributed by atoms with Gasteiger partial charge in [-0.1, -0.05) is 30.3 Å². The molecule has 0 bridgehead atoms. The van der Waals surface area contributed by atoms with Gasteiger partial charge in [-0.2, -0.15) is 4.99 Å². The lowest BCUT2D eigenvalue weighted by molar-refractivity contribution is 0.786. The maximum Gasteiger partial charge on any atom is 0.251 e. The Morgan fingerprint density at radius 1 is 1.12 bits per heavy atom. The van der Waals surface area contributed by atoms with Crippen molar-refractivity contribution in [1.82, 2.24) is 19.5 Å². The largest absolute Gasteiger partial charge is 0.387 e. The number of aryl methyl sites for hydroxylation is 3. The van der Waals surface area contributed by atoms with Crippen LogP contribution < -0.4 is 5.73 Å². The van der Waals surface area contributed by atoms with Crippen LogP contribution in [0.15, 0.2) is 47.6 Å². The number of amidine groups is 1. The highest BCUT2D eigenvalue weighted by atomic mass is 15.1. The van der Waals surface area contributed by atoms with Gasteiger partial charge in [0.15, 0.2) is 0 Å². The number of benzene rings is 1. The van der Waals surface area contributed by atoms with Gasteiger partial charge in [0.25, 0.3) is 5.95 Å². The molecule has 2 N–H and O–H groups in total. The van der Waals surface area contributed by atoms with Crippen LogP contribution in [0.3, 0.4) is 0 Å². The van der Waals surface area contributed by atoms with Crippen LogP contribution in [0.2, 0.25) is 0 Å². The first-order valence-corrected chi connectivity index (χ1v) is 8.76. The summed E-state index contributed by atoms with van der Waals surface area (Å²) < 4.78 is 2.09. The Morgan fingerprint density at radius 2 is 1.81 bits per heavy atom. The Labute approximate surface area is 152 Å². The maximum absolute atomic E-state index is 6.24. The standard InChI is InChI=1S/C20H22N6/c1-12-9-13(2)23-20(22-12)25-18(21)15-10-16(15)19-24-17(11-26(19)3)14-7-5-4-6-8-14/h4-9,11,15-16H,10H2,1-3H3,(H2,21,22,23,25). The third kappa shape index (κ3) is 3.22. The summed E-state index contributed by atoms with van der Waals surface area (Å²) in [4.78, 5) is 18.0. The topological polar surface area (TPSA) is 82.0 Å². The molecule has 2 aromatic heterocycles. The summed E-state index contributed by atoms with van der Waals surface area (Å²) in [5, 5.41) is 0. The molecule has 2 atom stereocenters. The van der Waals surface area contributed by atoms with Gasteiger partial charge in [0.1, 0.15) is 11.7 Å². The first kappa shape index (κ1) is 16.4. The molecule has 0 amide bonds. The van der Waals surface area contributed by atoms with Crippen molar-refractivity contribution >= 4 is 11.8 Å². The highest BCUT2D eigenvalue weighted by molar-refractivity contribution is 5.88. The molecule has 6 heteroatoms. The van der Waals surface area contributed by atoms with E-state index in [9.17, 15) is 0 Å². The van der Waals surface area contributed by atoms with Crippen molar-refractivity contribution in [3.8, 4) is 11.3 Å². The second-order valence-corrected chi connectivity index (χ2v) is 6.90. The first-order valence-electron chi connectivity index (χ1n) is 8.76. The summed E-state index contributed by atoms with van der Waals surface area (Å²) in [6.07, 6.45) is 3.03. The molecule has 1 aliphatic rings. The molecular weight excluding hydrogens is 324 g/mol. The second-order valence-electron chi connectivity index (χ2n) is 6.90. The molecule has 26 heavy (non-hydrogen) atoms. The molecule has 2 unspecified atom stereocenters. The highest BCUT2D eigenvalue weighted by Crippen LogP contribution is 2.47. The van der Waals surface area contributed by atoms with Crippen LogP contribution >= 0.6 is 0 Å². The van der Waals surface area contributed by atoms with E-state index < -0.39 is 0 Å². The van der Waals surface area contributed by atoms with E-state index in [0.717, 1.165) is 34.9 Å². The third-order valence-electron chi connectivity index (χ3n) is 4.68. The Kier molecular flexibility index (Phi) is 4.03. The predicted molar refractivity (Wildman–Crippen MR) is 102 cm³/mol. The van der Waals surface area contributed by atoms with Crippen molar-refractivity contribution in [3.63, 3.8) is 0 Å². The fourth-order valence-electron chi connectivity index (χ4n) is 3.34. The van der Waals surface area contributed by atoms with E-state index >= 15 is 0 Å². The van der Waals surface area contributed by atoms with Crippen LogP contribution in [0.5, 0.6) is 0 Å². The molecule has 6 nitrogen and oxygen atoms in total. The Balaban J connectivity index is 1.55.